The Morgan fingerprint density at radius 1 is 1.44 bits per heavy atom. The molecule has 0 aromatic heterocycles. The summed E-state index contributed by atoms with van der Waals surface area (Å²) in [5.74, 6) is -1.25. The van der Waals surface area contributed by atoms with E-state index < -0.39 is 16.9 Å². The van der Waals surface area contributed by atoms with E-state index in [0.29, 0.717) is 0 Å². The molecule has 0 N–H and O–H groups in total. The second kappa shape index (κ2) is 2.12. The third-order valence-corrected chi connectivity index (χ3v) is 1.86. The number of Topliss-reactive ketones (excluding diaryl/α,β-unsaturated/α-hetero) is 1. The zero-order valence-corrected chi connectivity index (χ0v) is 5.74. The number of allylic oxidation sites excluding steroid dienone is 2. The first-order valence-electron chi connectivity index (χ1n) is 2.22. The Hall–Kier alpha value is -0.340. The topological polar surface area (TPSA) is 34.1 Å². The monoisotopic (exact) mass is 164 g/mol. The zero-order valence-electron chi connectivity index (χ0n) is 4.23. The van der Waals surface area contributed by atoms with Crippen LogP contribution in [0.4, 0.5) is 0 Å². The molecule has 2 nitrogen and oxygen atoms in total. The van der Waals surface area contributed by atoms with Crippen molar-refractivity contribution in [2.45, 2.75) is 5.38 Å². The third-order valence-electron chi connectivity index (χ3n) is 0.984. The van der Waals surface area contributed by atoms with E-state index in [9.17, 15) is 9.59 Å². The number of hydrogen-bond donors (Lipinski definition) is 0. The van der Waals surface area contributed by atoms with Gasteiger partial charge in [0.05, 0.1) is 0 Å². The van der Waals surface area contributed by atoms with Crippen LogP contribution in [0, 0.1) is 0 Å². The van der Waals surface area contributed by atoms with Crippen LogP contribution in [0.5, 0.6) is 0 Å². The van der Waals surface area contributed by atoms with Crippen molar-refractivity contribution in [1.82, 2.24) is 0 Å². The average molecular weight is 165 g/mol. The summed E-state index contributed by atoms with van der Waals surface area (Å²) in [6, 6.07) is 0. The van der Waals surface area contributed by atoms with Crippen molar-refractivity contribution in [3.05, 3.63) is 11.1 Å². The quantitative estimate of drug-likeness (QED) is 0.394. The molecule has 1 aliphatic carbocycles. The molecule has 48 valence electrons. The number of carbonyl (C=O) groups excluding carboxylic acids is 2. The highest BCUT2D eigenvalue weighted by atomic mass is 35.5. The van der Waals surface area contributed by atoms with E-state index in [2.05, 4.69) is 0 Å². The van der Waals surface area contributed by atoms with Gasteiger partial charge in [-0.15, -0.1) is 11.6 Å². The lowest BCUT2D eigenvalue weighted by molar-refractivity contribution is -0.132. The van der Waals surface area contributed by atoms with Gasteiger partial charge in [-0.05, 0) is 0 Å². The molecule has 9 heavy (non-hydrogen) atoms. The predicted octanol–water partition coefficient (Wildman–Crippen LogP) is 0.868. The molecule has 0 fully saturated rings. The molecule has 0 amide bonds. The lowest BCUT2D eigenvalue weighted by Gasteiger charge is -1.91. The van der Waals surface area contributed by atoms with Gasteiger partial charge < -0.3 is 0 Å². The van der Waals surface area contributed by atoms with Crippen LogP contribution in [-0.2, 0) is 9.59 Å². The second-order valence-electron chi connectivity index (χ2n) is 1.62. The van der Waals surface area contributed by atoms with Crippen molar-refractivity contribution in [2.75, 3.05) is 0 Å². The van der Waals surface area contributed by atoms with Gasteiger partial charge >= 0.3 is 0 Å². The molecule has 0 saturated heterocycles. The van der Waals surface area contributed by atoms with Crippen molar-refractivity contribution >= 4 is 34.8 Å². The summed E-state index contributed by atoms with van der Waals surface area (Å²) in [4.78, 5) is 20.9. The lowest BCUT2D eigenvalue weighted by atomic mass is 10.3. The highest BCUT2D eigenvalue weighted by molar-refractivity contribution is 6.61. The molecule has 0 aromatic carbocycles. The Labute approximate surface area is 61.4 Å². The minimum absolute atomic E-state index is 0.117. The van der Waals surface area contributed by atoms with Crippen LogP contribution < -0.4 is 0 Å². The predicted molar refractivity (Wildman–Crippen MR) is 33.6 cm³/mol. The number of alkyl halides is 1. The summed E-state index contributed by atoms with van der Waals surface area (Å²) < 4.78 is 0. The molecule has 0 saturated carbocycles. The van der Waals surface area contributed by atoms with Crippen LogP contribution in [0.1, 0.15) is 0 Å². The normalized spacial score (nSPS) is 26.9. The van der Waals surface area contributed by atoms with E-state index in [4.69, 9.17) is 23.2 Å². The number of hydrogen-bond acceptors (Lipinski definition) is 2. The molecule has 1 rings (SSSR count). The standard InChI is InChI=1S/C5H2Cl2O2/c6-2-1-3(8)5(9)4(2)7/h1,4H. The van der Waals surface area contributed by atoms with Crippen molar-refractivity contribution < 1.29 is 9.59 Å². The highest BCUT2D eigenvalue weighted by Crippen LogP contribution is 2.21. The first-order valence-corrected chi connectivity index (χ1v) is 3.03. The van der Waals surface area contributed by atoms with E-state index in [-0.39, 0.29) is 5.03 Å². The second-order valence-corrected chi connectivity index (χ2v) is 2.49. The smallest absolute Gasteiger partial charge is 0.225 e. The van der Waals surface area contributed by atoms with Gasteiger partial charge in [0.15, 0.2) is 0 Å². The summed E-state index contributed by atoms with van der Waals surface area (Å²) >= 11 is 10.7. The van der Waals surface area contributed by atoms with E-state index in [1.54, 1.807) is 0 Å². The summed E-state index contributed by atoms with van der Waals surface area (Å²) in [7, 11) is 0. The van der Waals surface area contributed by atoms with Gasteiger partial charge in [0.2, 0.25) is 11.6 Å². The molecule has 0 spiro atoms. The fraction of sp³-hybridized carbons (Fsp3) is 0.200. The Morgan fingerprint density at radius 3 is 2.11 bits per heavy atom. The molecule has 0 aromatic rings. The summed E-state index contributed by atoms with van der Waals surface area (Å²) in [5, 5.41) is -0.814. The zero-order chi connectivity index (χ0) is 7.02. The van der Waals surface area contributed by atoms with Crippen LogP contribution in [0.3, 0.4) is 0 Å². The largest absolute Gasteiger partial charge is 0.288 e. The minimum atomic E-state index is -0.931. The minimum Gasteiger partial charge on any atom is -0.288 e. The van der Waals surface area contributed by atoms with Crippen molar-refractivity contribution in [3.63, 3.8) is 0 Å². The Bertz CT molecular complexity index is 207. The summed E-state index contributed by atoms with van der Waals surface area (Å²) in [6.07, 6.45) is 1.04. The third kappa shape index (κ3) is 1.00. The van der Waals surface area contributed by atoms with Crippen molar-refractivity contribution in [2.24, 2.45) is 0 Å². The Balaban J connectivity index is 2.95. The molecule has 0 heterocycles. The summed E-state index contributed by atoms with van der Waals surface area (Å²) in [5.41, 5.74) is 0. The number of halogens is 2. The Morgan fingerprint density at radius 2 is 2.00 bits per heavy atom. The van der Waals surface area contributed by atoms with Gasteiger partial charge in [0, 0.05) is 11.1 Å². The Kier molecular flexibility index (Phi) is 1.60. The maximum Gasteiger partial charge on any atom is 0.225 e. The average Bonchev–Trinajstić information content (AvgIpc) is 1.98. The van der Waals surface area contributed by atoms with E-state index in [1.165, 1.54) is 0 Å². The summed E-state index contributed by atoms with van der Waals surface area (Å²) in [6.45, 7) is 0. The maximum atomic E-state index is 10.5. The molecular formula is C5H2Cl2O2. The van der Waals surface area contributed by atoms with Crippen LogP contribution >= 0.6 is 23.2 Å². The SMILES string of the molecule is O=C1C=C(Cl)C(Cl)C1=O. The van der Waals surface area contributed by atoms with Crippen molar-refractivity contribution in [1.29, 1.82) is 0 Å². The first-order chi connectivity index (χ1) is 4.13. The maximum absolute atomic E-state index is 10.5. The number of ketones is 2. The molecule has 4 heteroatoms. The number of carbonyl (C=O) groups is 2. The molecule has 0 bridgehead atoms. The molecule has 0 radical (unpaired) electrons. The van der Waals surface area contributed by atoms with Gasteiger partial charge in [-0.25, -0.2) is 0 Å². The molecular weight excluding hydrogens is 163 g/mol. The van der Waals surface area contributed by atoms with Crippen molar-refractivity contribution in [3.8, 4) is 0 Å². The van der Waals surface area contributed by atoms with Gasteiger partial charge in [0.25, 0.3) is 0 Å². The van der Waals surface area contributed by atoms with E-state index in [0.717, 1.165) is 6.08 Å². The van der Waals surface area contributed by atoms with Crippen LogP contribution in [0.25, 0.3) is 0 Å². The molecule has 1 aliphatic rings. The molecule has 1 atom stereocenters. The van der Waals surface area contributed by atoms with E-state index >= 15 is 0 Å². The van der Waals surface area contributed by atoms with Gasteiger partial charge in [-0.2, -0.15) is 0 Å². The van der Waals surface area contributed by atoms with Crippen LogP contribution in [0.2, 0.25) is 0 Å². The van der Waals surface area contributed by atoms with Crippen LogP contribution in [-0.4, -0.2) is 16.9 Å². The van der Waals surface area contributed by atoms with Gasteiger partial charge in [-0.3, -0.25) is 9.59 Å². The first kappa shape index (κ1) is 6.78. The van der Waals surface area contributed by atoms with Gasteiger partial charge in [0.1, 0.15) is 5.38 Å². The van der Waals surface area contributed by atoms with Crippen LogP contribution in [0.15, 0.2) is 11.1 Å². The fourth-order valence-electron chi connectivity index (χ4n) is 0.520. The fourth-order valence-corrected chi connectivity index (χ4v) is 0.888. The lowest BCUT2D eigenvalue weighted by Crippen LogP contribution is -2.14. The molecule has 0 aliphatic heterocycles. The number of rotatable bonds is 0. The van der Waals surface area contributed by atoms with Gasteiger partial charge in [-0.1, -0.05) is 11.6 Å². The van der Waals surface area contributed by atoms with E-state index in [1.807, 2.05) is 0 Å². The molecule has 1 unspecified atom stereocenters. The highest BCUT2D eigenvalue weighted by Gasteiger charge is 2.31.